The van der Waals surface area contributed by atoms with Crippen LogP contribution >= 0.6 is 0 Å². The van der Waals surface area contributed by atoms with E-state index in [9.17, 15) is 14.0 Å². The highest BCUT2D eigenvalue weighted by Crippen LogP contribution is 2.16. The van der Waals surface area contributed by atoms with Crippen molar-refractivity contribution < 1.29 is 24.2 Å². The lowest BCUT2D eigenvalue weighted by Crippen LogP contribution is -2.06. The quantitative estimate of drug-likeness (QED) is 0.443. The van der Waals surface area contributed by atoms with Crippen molar-refractivity contribution in [3.63, 3.8) is 0 Å². The molecule has 1 heterocycles. The molecule has 0 fully saturated rings. The minimum atomic E-state index is -1.61. The smallest absolute Gasteiger partial charge is 0.371 e. The zero-order valence-corrected chi connectivity index (χ0v) is 10.7. The predicted molar refractivity (Wildman–Crippen MR) is 70.5 cm³/mol. The van der Waals surface area contributed by atoms with Gasteiger partial charge in [-0.25, -0.2) is 9.18 Å². The number of rotatable bonds is 5. The Morgan fingerprint density at radius 3 is 2.62 bits per heavy atom. The van der Waals surface area contributed by atoms with E-state index in [0.717, 1.165) is 0 Å². The number of H-pyrrole nitrogens is 1. The molecule has 0 aliphatic rings. The third-order valence-corrected chi connectivity index (χ3v) is 2.79. The fourth-order valence-electron chi connectivity index (χ4n) is 1.76. The van der Waals surface area contributed by atoms with Gasteiger partial charge in [0.1, 0.15) is 11.5 Å². The summed E-state index contributed by atoms with van der Waals surface area (Å²) in [7, 11) is 0. The second kappa shape index (κ2) is 6.00. The lowest BCUT2D eigenvalue weighted by molar-refractivity contribution is -0.135. The highest BCUT2D eigenvalue weighted by atomic mass is 19.1. The molecule has 0 aliphatic carbocycles. The zero-order valence-electron chi connectivity index (χ0n) is 10.7. The fourth-order valence-corrected chi connectivity index (χ4v) is 1.76. The van der Waals surface area contributed by atoms with E-state index in [-0.39, 0.29) is 12.1 Å². The van der Waals surface area contributed by atoms with Gasteiger partial charge in [0.15, 0.2) is 0 Å². The van der Waals surface area contributed by atoms with Crippen LogP contribution in [0.1, 0.15) is 21.6 Å². The first-order valence-corrected chi connectivity index (χ1v) is 5.93. The van der Waals surface area contributed by atoms with E-state index in [2.05, 4.69) is 10.2 Å². The number of nitrogens with one attached hydrogen (secondary N) is 1. The van der Waals surface area contributed by atoms with Crippen molar-refractivity contribution in [2.24, 2.45) is 0 Å². The van der Waals surface area contributed by atoms with Gasteiger partial charge in [-0.05, 0) is 11.6 Å². The molecular formula is C14H11FN2O4. The summed E-state index contributed by atoms with van der Waals surface area (Å²) in [6, 6.07) is 6.08. The highest BCUT2D eigenvalue weighted by Gasteiger charge is 2.16. The minimum Gasteiger partial charge on any atom is -0.502 e. The van der Waals surface area contributed by atoms with E-state index in [1.165, 1.54) is 12.3 Å². The Balaban J connectivity index is 2.27. The number of allylic oxidation sites excluding steroid dienone is 1. The molecule has 21 heavy (non-hydrogen) atoms. The van der Waals surface area contributed by atoms with E-state index in [1.54, 1.807) is 18.2 Å². The monoisotopic (exact) mass is 290 g/mol. The molecule has 0 amide bonds. The molecule has 6 nitrogen and oxygen atoms in total. The van der Waals surface area contributed by atoms with Crippen molar-refractivity contribution in [3.8, 4) is 0 Å². The minimum absolute atomic E-state index is 0.00560. The average molecular weight is 290 g/mol. The number of aliphatic carboxylic acids is 1. The van der Waals surface area contributed by atoms with Gasteiger partial charge in [0, 0.05) is 18.1 Å². The van der Waals surface area contributed by atoms with Gasteiger partial charge in [-0.1, -0.05) is 18.2 Å². The summed E-state index contributed by atoms with van der Waals surface area (Å²) in [5.74, 6) is -3.86. The molecule has 7 heteroatoms. The number of aromatic amines is 1. The molecule has 0 bridgehead atoms. The maximum Gasteiger partial charge on any atom is 0.371 e. The SMILES string of the molecule is O=C(O)C(O)=CC(=O)c1[nH]ncc1Cc1ccccc1F. The van der Waals surface area contributed by atoms with Crippen LogP contribution in [-0.2, 0) is 11.2 Å². The molecule has 0 spiro atoms. The second-order valence-electron chi connectivity index (χ2n) is 4.24. The Hall–Kier alpha value is -2.96. The van der Waals surface area contributed by atoms with Crippen LogP contribution in [0.5, 0.6) is 0 Å². The van der Waals surface area contributed by atoms with Crippen LogP contribution in [0.2, 0.25) is 0 Å². The van der Waals surface area contributed by atoms with Gasteiger partial charge in [0.05, 0.1) is 6.20 Å². The zero-order chi connectivity index (χ0) is 15.4. The van der Waals surface area contributed by atoms with Crippen LogP contribution in [0.4, 0.5) is 4.39 Å². The third kappa shape index (κ3) is 3.33. The summed E-state index contributed by atoms with van der Waals surface area (Å²) in [6.45, 7) is 0. The molecule has 0 unspecified atom stereocenters. The molecule has 0 atom stereocenters. The molecular weight excluding hydrogens is 279 g/mol. The highest BCUT2D eigenvalue weighted by molar-refractivity contribution is 6.07. The normalized spacial score (nSPS) is 11.4. The standard InChI is InChI=1S/C14H11FN2O4/c15-10-4-2-1-3-8(10)5-9-7-16-17-13(9)11(18)6-12(19)14(20)21/h1-4,6-7,19H,5H2,(H,16,17)(H,20,21). The van der Waals surface area contributed by atoms with Gasteiger partial charge < -0.3 is 10.2 Å². The van der Waals surface area contributed by atoms with E-state index in [0.29, 0.717) is 17.2 Å². The number of carboxylic acids is 1. The van der Waals surface area contributed by atoms with Crippen LogP contribution in [0.3, 0.4) is 0 Å². The number of benzene rings is 1. The van der Waals surface area contributed by atoms with Crippen LogP contribution in [0.25, 0.3) is 0 Å². The number of hydrogen-bond donors (Lipinski definition) is 3. The number of halogens is 1. The Bertz CT molecular complexity index is 721. The van der Waals surface area contributed by atoms with Crippen molar-refractivity contribution in [1.29, 1.82) is 0 Å². The molecule has 0 saturated heterocycles. The maximum atomic E-state index is 13.6. The summed E-state index contributed by atoms with van der Waals surface area (Å²) in [5, 5.41) is 23.7. The topological polar surface area (TPSA) is 103 Å². The molecule has 0 radical (unpaired) electrons. The number of aliphatic hydroxyl groups is 1. The van der Waals surface area contributed by atoms with Gasteiger partial charge in [0.2, 0.25) is 11.5 Å². The summed E-state index contributed by atoms with van der Waals surface area (Å²) in [5.41, 5.74) is 0.782. The Kier molecular flexibility index (Phi) is 4.13. The Morgan fingerprint density at radius 1 is 1.24 bits per heavy atom. The van der Waals surface area contributed by atoms with E-state index < -0.39 is 23.3 Å². The third-order valence-electron chi connectivity index (χ3n) is 2.79. The summed E-state index contributed by atoms with van der Waals surface area (Å²) >= 11 is 0. The number of nitrogens with zero attached hydrogens (tertiary/aromatic N) is 1. The van der Waals surface area contributed by atoms with Gasteiger partial charge in [-0.3, -0.25) is 9.89 Å². The van der Waals surface area contributed by atoms with Crippen LogP contribution in [-0.4, -0.2) is 32.2 Å². The number of carbonyl (C=O) groups excluding carboxylic acids is 1. The number of ketones is 1. The van der Waals surface area contributed by atoms with E-state index in [1.807, 2.05) is 0 Å². The van der Waals surface area contributed by atoms with Crippen molar-refractivity contribution in [1.82, 2.24) is 10.2 Å². The first kappa shape index (κ1) is 14.4. The number of carbonyl (C=O) groups is 2. The van der Waals surface area contributed by atoms with E-state index in [4.69, 9.17) is 10.2 Å². The van der Waals surface area contributed by atoms with Gasteiger partial charge >= 0.3 is 5.97 Å². The number of aromatic nitrogens is 2. The predicted octanol–water partition coefficient (Wildman–Crippen LogP) is 1.85. The number of aliphatic hydroxyl groups excluding tert-OH is 1. The fraction of sp³-hybridized carbons (Fsp3) is 0.0714. The molecule has 1 aromatic heterocycles. The first-order chi connectivity index (χ1) is 9.99. The van der Waals surface area contributed by atoms with Gasteiger partial charge in [-0.15, -0.1) is 0 Å². The summed E-state index contributed by atoms with van der Waals surface area (Å²) < 4.78 is 13.6. The number of hydrogen-bond acceptors (Lipinski definition) is 4. The lowest BCUT2D eigenvalue weighted by atomic mass is 10.0. The molecule has 3 N–H and O–H groups in total. The van der Waals surface area contributed by atoms with Crippen LogP contribution in [0, 0.1) is 5.82 Å². The summed E-state index contributed by atoms with van der Waals surface area (Å²) in [6.07, 6.45) is 2.04. The van der Waals surface area contributed by atoms with Crippen molar-refractivity contribution in [2.75, 3.05) is 0 Å². The molecule has 108 valence electrons. The molecule has 0 aliphatic heterocycles. The van der Waals surface area contributed by atoms with Crippen molar-refractivity contribution in [3.05, 3.63) is 64.9 Å². The number of carboxylic acid groups (broad SMARTS) is 1. The average Bonchev–Trinajstić information content (AvgIpc) is 2.89. The van der Waals surface area contributed by atoms with E-state index >= 15 is 0 Å². The molecule has 1 aromatic carbocycles. The lowest BCUT2D eigenvalue weighted by Gasteiger charge is -2.02. The van der Waals surface area contributed by atoms with Crippen LogP contribution in [0.15, 0.2) is 42.3 Å². The first-order valence-electron chi connectivity index (χ1n) is 5.93. The Morgan fingerprint density at radius 2 is 1.95 bits per heavy atom. The molecule has 2 aromatic rings. The molecule has 2 rings (SSSR count). The Labute approximate surface area is 118 Å². The van der Waals surface area contributed by atoms with Gasteiger partial charge in [-0.2, -0.15) is 5.10 Å². The van der Waals surface area contributed by atoms with Crippen molar-refractivity contribution in [2.45, 2.75) is 6.42 Å². The largest absolute Gasteiger partial charge is 0.502 e. The van der Waals surface area contributed by atoms with Gasteiger partial charge in [0.25, 0.3) is 0 Å². The second-order valence-corrected chi connectivity index (χ2v) is 4.24. The maximum absolute atomic E-state index is 13.6. The summed E-state index contributed by atoms with van der Waals surface area (Å²) in [4.78, 5) is 22.3. The van der Waals surface area contributed by atoms with Crippen LogP contribution < -0.4 is 0 Å². The molecule has 0 saturated carbocycles. The van der Waals surface area contributed by atoms with Crippen molar-refractivity contribution >= 4 is 11.8 Å².